The van der Waals surface area contributed by atoms with Crippen molar-refractivity contribution < 1.29 is 14.3 Å². The van der Waals surface area contributed by atoms with E-state index < -0.39 is 0 Å². The predicted octanol–water partition coefficient (Wildman–Crippen LogP) is 2.21. The molecule has 0 aliphatic heterocycles. The van der Waals surface area contributed by atoms with Crippen LogP contribution in [-0.2, 0) is 0 Å². The van der Waals surface area contributed by atoms with E-state index in [1.165, 1.54) is 0 Å². The Morgan fingerprint density at radius 1 is 1.29 bits per heavy atom. The van der Waals surface area contributed by atoms with Gasteiger partial charge >= 0.3 is 0 Å². The van der Waals surface area contributed by atoms with Gasteiger partial charge in [-0.15, -0.1) is 0 Å². The minimum absolute atomic E-state index is 0.0271. The second-order valence-electron chi connectivity index (χ2n) is 2.56. The van der Waals surface area contributed by atoms with Crippen molar-refractivity contribution in [2.24, 2.45) is 0 Å². The Kier molecular flexibility index (Phi) is 3.83. The zero-order valence-electron chi connectivity index (χ0n) is 8.37. The van der Waals surface area contributed by atoms with Crippen LogP contribution in [-0.4, -0.2) is 25.6 Å². The predicted molar refractivity (Wildman–Crippen MR) is 57.4 cm³/mol. The molecule has 1 rings (SSSR count). The van der Waals surface area contributed by atoms with Gasteiger partial charge in [-0.3, -0.25) is 4.79 Å². The quantitative estimate of drug-likeness (QED) is 0.769. The third-order valence-corrected chi connectivity index (χ3v) is 2.40. The van der Waals surface area contributed by atoms with Gasteiger partial charge in [0.2, 0.25) is 5.12 Å². The van der Waals surface area contributed by atoms with Gasteiger partial charge in [0.1, 0.15) is 11.5 Å². The maximum absolute atomic E-state index is 11.5. The number of hydrogen-bond donors (Lipinski definition) is 0. The molecule has 1 aromatic rings. The van der Waals surface area contributed by atoms with Crippen LogP contribution in [0.5, 0.6) is 11.5 Å². The van der Waals surface area contributed by atoms with Crippen molar-refractivity contribution in [3.63, 3.8) is 0 Å². The van der Waals surface area contributed by atoms with Gasteiger partial charge in [-0.25, -0.2) is 0 Å². The summed E-state index contributed by atoms with van der Waals surface area (Å²) in [4.78, 5) is 11.5. The summed E-state index contributed by atoms with van der Waals surface area (Å²) >= 11 is 1.15. The molecule has 0 aliphatic rings. The van der Waals surface area contributed by atoms with Gasteiger partial charge in [0.25, 0.3) is 0 Å². The minimum Gasteiger partial charge on any atom is -0.497 e. The summed E-state index contributed by atoms with van der Waals surface area (Å²) in [5, 5.41) is -0.0271. The molecular formula is C10H12O3S. The zero-order chi connectivity index (χ0) is 10.6. The van der Waals surface area contributed by atoms with Crippen molar-refractivity contribution >= 4 is 16.9 Å². The summed E-state index contributed by atoms with van der Waals surface area (Å²) in [5.74, 6) is 1.23. The number of benzene rings is 1. The highest BCUT2D eigenvalue weighted by Gasteiger charge is 2.11. The van der Waals surface area contributed by atoms with Crippen molar-refractivity contribution in [2.45, 2.75) is 0 Å². The Labute approximate surface area is 87.4 Å². The maximum Gasteiger partial charge on any atom is 0.222 e. The molecule has 0 radical (unpaired) electrons. The molecule has 0 bridgehead atoms. The molecule has 0 atom stereocenters. The SMILES string of the molecule is COc1ccc(OC)c(C(=O)SC)c1. The standard InChI is InChI=1S/C10H12O3S/c1-12-7-4-5-9(13-2)8(6-7)10(11)14-3/h4-6H,1-3H3. The van der Waals surface area contributed by atoms with Crippen LogP contribution in [0.1, 0.15) is 10.4 Å². The highest BCUT2D eigenvalue weighted by molar-refractivity contribution is 8.13. The first-order valence-corrected chi connectivity index (χ1v) is 5.25. The molecule has 0 heterocycles. The normalized spacial score (nSPS) is 9.64. The van der Waals surface area contributed by atoms with Gasteiger partial charge in [0.15, 0.2) is 0 Å². The molecule has 0 aromatic heterocycles. The summed E-state index contributed by atoms with van der Waals surface area (Å²) in [6.07, 6.45) is 1.74. The van der Waals surface area contributed by atoms with Crippen LogP contribution >= 0.6 is 11.8 Å². The number of thioether (sulfide) groups is 1. The summed E-state index contributed by atoms with van der Waals surface area (Å²) in [6.45, 7) is 0. The Morgan fingerprint density at radius 3 is 2.50 bits per heavy atom. The molecule has 0 saturated heterocycles. The number of ether oxygens (including phenoxy) is 2. The van der Waals surface area contributed by atoms with Gasteiger partial charge in [-0.05, 0) is 24.5 Å². The monoisotopic (exact) mass is 212 g/mol. The van der Waals surface area contributed by atoms with E-state index in [1.54, 1.807) is 38.7 Å². The van der Waals surface area contributed by atoms with E-state index in [0.29, 0.717) is 17.1 Å². The van der Waals surface area contributed by atoms with Crippen molar-refractivity contribution in [3.8, 4) is 11.5 Å². The summed E-state index contributed by atoms with van der Waals surface area (Å²) in [5.41, 5.74) is 0.541. The molecule has 0 spiro atoms. The van der Waals surface area contributed by atoms with E-state index in [4.69, 9.17) is 9.47 Å². The third-order valence-electron chi connectivity index (χ3n) is 1.81. The molecule has 0 fully saturated rings. The Hall–Kier alpha value is -1.16. The van der Waals surface area contributed by atoms with E-state index in [1.807, 2.05) is 0 Å². The van der Waals surface area contributed by atoms with Gasteiger partial charge in [0, 0.05) is 0 Å². The van der Waals surface area contributed by atoms with Crippen molar-refractivity contribution in [3.05, 3.63) is 23.8 Å². The van der Waals surface area contributed by atoms with Crippen LogP contribution in [0.15, 0.2) is 18.2 Å². The summed E-state index contributed by atoms with van der Waals surface area (Å²) < 4.78 is 10.1. The van der Waals surface area contributed by atoms with Crippen molar-refractivity contribution in [2.75, 3.05) is 20.5 Å². The zero-order valence-corrected chi connectivity index (χ0v) is 9.18. The minimum atomic E-state index is -0.0271. The Morgan fingerprint density at radius 2 is 2.00 bits per heavy atom. The lowest BCUT2D eigenvalue weighted by atomic mass is 10.2. The highest BCUT2D eigenvalue weighted by Crippen LogP contribution is 2.26. The number of hydrogen-bond acceptors (Lipinski definition) is 4. The van der Waals surface area contributed by atoms with Crippen LogP contribution in [0, 0.1) is 0 Å². The smallest absolute Gasteiger partial charge is 0.222 e. The third kappa shape index (κ3) is 2.20. The van der Waals surface area contributed by atoms with Crippen molar-refractivity contribution in [1.82, 2.24) is 0 Å². The topological polar surface area (TPSA) is 35.5 Å². The lowest BCUT2D eigenvalue weighted by molar-refractivity contribution is 0.108. The molecule has 0 aliphatic carbocycles. The van der Waals surface area contributed by atoms with Crippen LogP contribution < -0.4 is 9.47 Å². The first-order chi connectivity index (χ1) is 6.72. The molecule has 0 amide bonds. The second kappa shape index (κ2) is 4.91. The summed E-state index contributed by atoms with van der Waals surface area (Å²) in [7, 11) is 3.11. The first-order valence-electron chi connectivity index (χ1n) is 4.03. The Balaban J connectivity index is 3.14. The molecular weight excluding hydrogens is 200 g/mol. The number of carbonyl (C=O) groups excluding carboxylic acids is 1. The van der Waals surface area contributed by atoms with Gasteiger partial charge in [0.05, 0.1) is 19.8 Å². The van der Waals surface area contributed by atoms with Crippen LogP contribution in [0.3, 0.4) is 0 Å². The first kappa shape index (κ1) is 10.9. The fraction of sp³-hybridized carbons (Fsp3) is 0.300. The highest BCUT2D eigenvalue weighted by atomic mass is 32.2. The average Bonchev–Trinajstić information content (AvgIpc) is 2.27. The molecule has 0 unspecified atom stereocenters. The fourth-order valence-corrected chi connectivity index (χ4v) is 1.46. The molecule has 4 heteroatoms. The maximum atomic E-state index is 11.5. The molecule has 3 nitrogen and oxygen atoms in total. The van der Waals surface area contributed by atoms with E-state index in [0.717, 1.165) is 11.8 Å². The van der Waals surface area contributed by atoms with Gasteiger partial charge < -0.3 is 9.47 Å². The Bertz CT molecular complexity index is 336. The average molecular weight is 212 g/mol. The van der Waals surface area contributed by atoms with Gasteiger partial charge in [-0.1, -0.05) is 11.8 Å². The lowest BCUT2D eigenvalue weighted by Gasteiger charge is -2.07. The van der Waals surface area contributed by atoms with Gasteiger partial charge in [-0.2, -0.15) is 0 Å². The number of carbonyl (C=O) groups is 1. The van der Waals surface area contributed by atoms with Crippen LogP contribution in [0.4, 0.5) is 0 Å². The summed E-state index contributed by atoms with van der Waals surface area (Å²) in [6, 6.07) is 5.16. The lowest BCUT2D eigenvalue weighted by Crippen LogP contribution is -1.98. The number of methoxy groups -OCH3 is 2. The number of rotatable bonds is 3. The molecule has 76 valence electrons. The van der Waals surface area contributed by atoms with E-state index in [-0.39, 0.29) is 5.12 Å². The molecule has 0 N–H and O–H groups in total. The van der Waals surface area contributed by atoms with Crippen LogP contribution in [0.25, 0.3) is 0 Å². The molecule has 1 aromatic carbocycles. The second-order valence-corrected chi connectivity index (χ2v) is 3.34. The van der Waals surface area contributed by atoms with E-state index >= 15 is 0 Å². The molecule has 14 heavy (non-hydrogen) atoms. The van der Waals surface area contributed by atoms with E-state index in [9.17, 15) is 4.79 Å². The van der Waals surface area contributed by atoms with Crippen molar-refractivity contribution in [1.29, 1.82) is 0 Å². The van der Waals surface area contributed by atoms with Crippen LogP contribution in [0.2, 0.25) is 0 Å². The van der Waals surface area contributed by atoms with E-state index in [2.05, 4.69) is 0 Å². The molecule has 0 saturated carbocycles. The largest absolute Gasteiger partial charge is 0.497 e. The fourth-order valence-electron chi connectivity index (χ4n) is 1.08.